The monoisotopic (exact) mass is 537 g/mol. The first kappa shape index (κ1) is 24.8. The highest BCUT2D eigenvalue weighted by molar-refractivity contribution is 7.99. The third-order valence-corrected chi connectivity index (χ3v) is 7.29. The van der Waals surface area contributed by atoms with Gasteiger partial charge in [-0.15, -0.1) is 11.3 Å². The molecule has 2 aromatic heterocycles. The second-order valence-electron chi connectivity index (χ2n) is 7.98. The van der Waals surface area contributed by atoms with Crippen LogP contribution in [-0.2, 0) is 11.0 Å². The molecule has 0 radical (unpaired) electrons. The number of carbonyl (C=O) groups excluding carboxylic acids is 1. The van der Waals surface area contributed by atoms with Crippen molar-refractivity contribution in [3.63, 3.8) is 0 Å². The summed E-state index contributed by atoms with van der Waals surface area (Å²) in [5, 5.41) is 5.17. The standard InChI is InChI=1S/C27H18F3N3O2S2/c28-27(29,30)18-10-7-11-19(14-18)31-22(34)16-37-26-32-24-23(21(15-36-24)17-8-3-1-4-9-17)25(35)33(26)20-12-5-2-6-13-20/h1-15H,16H2,(H,31,34). The van der Waals surface area contributed by atoms with E-state index in [0.29, 0.717) is 21.1 Å². The fraction of sp³-hybridized carbons (Fsp3) is 0.0741. The smallest absolute Gasteiger partial charge is 0.325 e. The number of fused-ring (bicyclic) bond motifs is 1. The van der Waals surface area contributed by atoms with Crippen LogP contribution in [0.25, 0.3) is 27.0 Å². The highest BCUT2D eigenvalue weighted by Crippen LogP contribution is 2.33. The van der Waals surface area contributed by atoms with E-state index in [9.17, 15) is 22.8 Å². The third-order valence-electron chi connectivity index (χ3n) is 5.48. The molecule has 3 aromatic carbocycles. The summed E-state index contributed by atoms with van der Waals surface area (Å²) < 4.78 is 40.5. The molecule has 186 valence electrons. The minimum absolute atomic E-state index is 0.0371. The van der Waals surface area contributed by atoms with Crippen LogP contribution in [0.1, 0.15) is 5.56 Å². The van der Waals surface area contributed by atoms with Crippen LogP contribution in [-0.4, -0.2) is 21.2 Å². The van der Waals surface area contributed by atoms with E-state index in [1.165, 1.54) is 28.0 Å². The van der Waals surface area contributed by atoms with Crippen LogP contribution in [0.2, 0.25) is 0 Å². The molecule has 0 aliphatic rings. The average Bonchev–Trinajstić information content (AvgIpc) is 3.33. The maximum absolute atomic E-state index is 13.8. The molecular formula is C27H18F3N3O2S2. The molecule has 0 atom stereocenters. The molecule has 2 heterocycles. The molecule has 5 aromatic rings. The lowest BCUT2D eigenvalue weighted by Gasteiger charge is -2.13. The minimum Gasteiger partial charge on any atom is -0.325 e. The van der Waals surface area contributed by atoms with Crippen LogP contribution in [0, 0.1) is 0 Å². The summed E-state index contributed by atoms with van der Waals surface area (Å²) in [6, 6.07) is 23.0. The lowest BCUT2D eigenvalue weighted by Crippen LogP contribution is -2.22. The van der Waals surface area contributed by atoms with Gasteiger partial charge in [-0.2, -0.15) is 13.2 Å². The van der Waals surface area contributed by atoms with Crippen molar-refractivity contribution in [3.8, 4) is 16.8 Å². The van der Waals surface area contributed by atoms with E-state index >= 15 is 0 Å². The van der Waals surface area contributed by atoms with Crippen LogP contribution in [0.3, 0.4) is 0 Å². The molecule has 0 saturated carbocycles. The van der Waals surface area contributed by atoms with Crippen molar-refractivity contribution < 1.29 is 18.0 Å². The number of anilines is 1. The van der Waals surface area contributed by atoms with E-state index in [1.54, 1.807) is 24.3 Å². The number of nitrogens with one attached hydrogen (secondary N) is 1. The summed E-state index contributed by atoms with van der Waals surface area (Å²) in [6.07, 6.45) is -4.51. The molecule has 0 fully saturated rings. The number of benzene rings is 3. The van der Waals surface area contributed by atoms with Crippen molar-refractivity contribution in [3.05, 3.63) is 106 Å². The zero-order valence-electron chi connectivity index (χ0n) is 19.0. The van der Waals surface area contributed by atoms with Gasteiger partial charge in [-0.25, -0.2) is 4.98 Å². The molecule has 0 saturated heterocycles. The Morgan fingerprint density at radius 3 is 2.38 bits per heavy atom. The molecule has 1 amide bonds. The summed E-state index contributed by atoms with van der Waals surface area (Å²) in [5.41, 5.74) is 1.18. The Kier molecular flexibility index (Phi) is 6.86. The van der Waals surface area contributed by atoms with E-state index in [1.807, 2.05) is 41.8 Å². The van der Waals surface area contributed by atoms with Crippen molar-refractivity contribution in [1.29, 1.82) is 0 Å². The normalized spacial score (nSPS) is 11.5. The van der Waals surface area contributed by atoms with Crippen molar-refractivity contribution in [2.75, 3.05) is 11.1 Å². The number of amides is 1. The summed E-state index contributed by atoms with van der Waals surface area (Å²) in [5.74, 6) is -0.674. The number of halogens is 3. The minimum atomic E-state index is -4.51. The number of hydrogen-bond donors (Lipinski definition) is 1. The number of alkyl halides is 3. The predicted molar refractivity (Wildman–Crippen MR) is 141 cm³/mol. The number of rotatable bonds is 6. The number of para-hydroxylation sites is 1. The van der Waals surface area contributed by atoms with Crippen LogP contribution >= 0.6 is 23.1 Å². The van der Waals surface area contributed by atoms with E-state index in [-0.39, 0.29) is 17.0 Å². The number of nitrogens with zero attached hydrogens (tertiary/aromatic N) is 2. The summed E-state index contributed by atoms with van der Waals surface area (Å²) in [6.45, 7) is 0. The maximum Gasteiger partial charge on any atom is 0.416 e. The van der Waals surface area contributed by atoms with Gasteiger partial charge in [0.05, 0.1) is 22.4 Å². The highest BCUT2D eigenvalue weighted by Gasteiger charge is 2.30. The molecule has 10 heteroatoms. The van der Waals surface area contributed by atoms with E-state index in [2.05, 4.69) is 5.32 Å². The first-order chi connectivity index (χ1) is 17.8. The van der Waals surface area contributed by atoms with Gasteiger partial charge in [-0.05, 0) is 35.9 Å². The van der Waals surface area contributed by atoms with Crippen LogP contribution in [0.4, 0.5) is 18.9 Å². The molecule has 0 bridgehead atoms. The SMILES string of the molecule is O=C(CSc1nc2scc(-c3ccccc3)c2c(=O)n1-c1ccccc1)Nc1cccc(C(F)(F)F)c1. The quantitative estimate of drug-likeness (QED) is 0.190. The van der Waals surface area contributed by atoms with E-state index in [0.717, 1.165) is 35.0 Å². The maximum atomic E-state index is 13.8. The second kappa shape index (κ2) is 10.2. The number of thiophene rings is 1. The first-order valence-electron chi connectivity index (χ1n) is 11.1. The molecule has 1 N–H and O–H groups in total. The fourth-order valence-corrected chi connectivity index (χ4v) is 5.61. The van der Waals surface area contributed by atoms with Gasteiger partial charge < -0.3 is 5.32 Å². The lowest BCUT2D eigenvalue weighted by atomic mass is 10.1. The Hall–Kier alpha value is -3.89. The van der Waals surface area contributed by atoms with Crippen molar-refractivity contribution in [2.24, 2.45) is 0 Å². The van der Waals surface area contributed by atoms with Crippen LogP contribution in [0.5, 0.6) is 0 Å². The van der Waals surface area contributed by atoms with Crippen LogP contribution < -0.4 is 10.9 Å². The second-order valence-corrected chi connectivity index (χ2v) is 9.78. The average molecular weight is 538 g/mol. The van der Waals surface area contributed by atoms with E-state index < -0.39 is 17.6 Å². The van der Waals surface area contributed by atoms with Gasteiger partial charge >= 0.3 is 6.18 Å². The Morgan fingerprint density at radius 2 is 1.68 bits per heavy atom. The Balaban J connectivity index is 1.48. The molecule has 5 nitrogen and oxygen atoms in total. The Labute approximate surface area is 217 Å². The van der Waals surface area contributed by atoms with Crippen molar-refractivity contribution >= 4 is 44.9 Å². The molecule has 0 spiro atoms. The Morgan fingerprint density at radius 1 is 0.973 bits per heavy atom. The number of thioether (sulfide) groups is 1. The third kappa shape index (κ3) is 5.30. The zero-order valence-corrected chi connectivity index (χ0v) is 20.7. The summed E-state index contributed by atoms with van der Waals surface area (Å²) >= 11 is 2.37. The lowest BCUT2D eigenvalue weighted by molar-refractivity contribution is -0.137. The highest BCUT2D eigenvalue weighted by atomic mass is 32.2. The van der Waals surface area contributed by atoms with Gasteiger partial charge in [-0.1, -0.05) is 66.4 Å². The fourth-order valence-electron chi connectivity index (χ4n) is 3.80. The largest absolute Gasteiger partial charge is 0.416 e. The van der Waals surface area contributed by atoms with Gasteiger partial charge in [-0.3, -0.25) is 14.2 Å². The number of carbonyl (C=O) groups is 1. The van der Waals surface area contributed by atoms with Crippen molar-refractivity contribution in [1.82, 2.24) is 9.55 Å². The summed E-state index contributed by atoms with van der Waals surface area (Å²) in [4.78, 5) is 31.6. The molecule has 0 unspecified atom stereocenters. The predicted octanol–water partition coefficient (Wildman–Crippen LogP) is 6.86. The molecule has 5 rings (SSSR count). The van der Waals surface area contributed by atoms with E-state index in [4.69, 9.17) is 4.98 Å². The molecule has 37 heavy (non-hydrogen) atoms. The van der Waals surface area contributed by atoms with Gasteiger partial charge in [0.2, 0.25) is 5.91 Å². The summed E-state index contributed by atoms with van der Waals surface area (Å²) in [7, 11) is 0. The first-order valence-corrected chi connectivity index (χ1v) is 12.9. The van der Waals surface area contributed by atoms with Gasteiger partial charge in [0.25, 0.3) is 5.56 Å². The van der Waals surface area contributed by atoms with Gasteiger partial charge in [0, 0.05) is 16.6 Å². The number of aromatic nitrogens is 2. The number of hydrogen-bond acceptors (Lipinski definition) is 5. The Bertz CT molecular complexity index is 1630. The topological polar surface area (TPSA) is 64.0 Å². The zero-order chi connectivity index (χ0) is 26.0. The molecular weight excluding hydrogens is 519 g/mol. The molecule has 0 aliphatic heterocycles. The van der Waals surface area contributed by atoms with Crippen molar-refractivity contribution in [2.45, 2.75) is 11.3 Å². The molecule has 0 aliphatic carbocycles. The van der Waals surface area contributed by atoms with Crippen LogP contribution in [0.15, 0.2) is 100 Å². The van der Waals surface area contributed by atoms with Gasteiger partial charge in [0.1, 0.15) is 4.83 Å². The van der Waals surface area contributed by atoms with Gasteiger partial charge in [0.15, 0.2) is 5.16 Å².